The van der Waals surface area contributed by atoms with Crippen molar-refractivity contribution in [3.05, 3.63) is 0 Å². The third-order valence-electron chi connectivity index (χ3n) is 11.4. The van der Waals surface area contributed by atoms with Gasteiger partial charge in [0.2, 0.25) is 0 Å². The second kappa shape index (κ2) is 6.25. The minimum Gasteiger partial charge on any atom is -0.0625 e. The summed E-state index contributed by atoms with van der Waals surface area (Å²) in [6.45, 7) is 25.5. The molecule has 0 nitrogen and oxygen atoms in total. The fourth-order valence-electron chi connectivity index (χ4n) is 10.1. The smallest absolute Gasteiger partial charge is 0.0171 e. The lowest BCUT2D eigenvalue weighted by Crippen LogP contribution is -2.44. The maximum atomic E-state index is 2.72. The molecule has 4 fully saturated rings. The van der Waals surface area contributed by atoms with Crippen molar-refractivity contribution in [2.75, 3.05) is 0 Å². The molecule has 4 rings (SSSR count). The van der Waals surface area contributed by atoms with Crippen LogP contribution in [-0.2, 0) is 0 Å². The molecule has 0 aromatic heterocycles. The molecule has 0 N–H and O–H groups in total. The monoisotopic (exact) mass is 372 g/mol. The van der Waals surface area contributed by atoms with Crippen molar-refractivity contribution >= 4 is 0 Å². The van der Waals surface area contributed by atoms with Gasteiger partial charge in [-0.2, -0.15) is 0 Å². The highest BCUT2D eigenvalue weighted by Crippen LogP contribution is 2.89. The highest BCUT2D eigenvalue weighted by atomic mass is 14.9. The Morgan fingerprint density at radius 1 is 0.889 bits per heavy atom. The Morgan fingerprint density at radius 3 is 2.00 bits per heavy atom. The lowest BCUT2D eigenvalue weighted by Gasteiger charge is -2.50. The molecule has 12 unspecified atom stereocenters. The van der Waals surface area contributed by atoms with E-state index in [1.807, 2.05) is 0 Å². The number of rotatable bonds is 6. The van der Waals surface area contributed by atoms with E-state index in [-0.39, 0.29) is 0 Å². The van der Waals surface area contributed by atoms with Crippen LogP contribution in [0.15, 0.2) is 0 Å². The molecule has 1 spiro atoms. The van der Waals surface area contributed by atoms with Gasteiger partial charge in [-0.05, 0) is 101 Å². The summed E-state index contributed by atoms with van der Waals surface area (Å²) in [7, 11) is 0. The molecule has 0 aliphatic heterocycles. The quantitative estimate of drug-likeness (QED) is 0.446. The van der Waals surface area contributed by atoms with E-state index < -0.39 is 0 Å². The molecule has 0 saturated heterocycles. The van der Waals surface area contributed by atoms with Gasteiger partial charge in [0.1, 0.15) is 0 Å². The molecule has 27 heavy (non-hydrogen) atoms. The van der Waals surface area contributed by atoms with Gasteiger partial charge in [0, 0.05) is 0 Å². The van der Waals surface area contributed by atoms with Crippen LogP contribution in [0, 0.1) is 81.8 Å². The Morgan fingerprint density at radius 2 is 1.52 bits per heavy atom. The van der Waals surface area contributed by atoms with Crippen molar-refractivity contribution in [3.63, 3.8) is 0 Å². The van der Waals surface area contributed by atoms with Gasteiger partial charge in [-0.25, -0.2) is 0 Å². The average Bonchev–Trinajstić information content (AvgIpc) is 3.36. The zero-order chi connectivity index (χ0) is 20.0. The summed E-state index contributed by atoms with van der Waals surface area (Å²) >= 11 is 0. The van der Waals surface area contributed by atoms with Gasteiger partial charge < -0.3 is 0 Å². The molecule has 0 bridgehead atoms. The van der Waals surface area contributed by atoms with E-state index in [2.05, 4.69) is 69.2 Å². The maximum Gasteiger partial charge on any atom is -0.0171 e. The first-order valence-corrected chi connectivity index (χ1v) is 12.5. The first-order valence-electron chi connectivity index (χ1n) is 12.5. The van der Waals surface area contributed by atoms with Gasteiger partial charge in [0.15, 0.2) is 0 Å². The third-order valence-corrected chi connectivity index (χ3v) is 11.4. The summed E-state index contributed by atoms with van der Waals surface area (Å²) in [5.74, 6) is 11.6. The van der Waals surface area contributed by atoms with Crippen molar-refractivity contribution in [2.45, 2.75) is 88.5 Å². The molecule has 0 aromatic carbocycles. The van der Waals surface area contributed by atoms with E-state index in [1.54, 1.807) is 0 Å². The molecular weight excluding hydrogens is 324 g/mol. The lowest BCUT2D eigenvalue weighted by atomic mass is 9.54. The fraction of sp³-hybridized carbons (Fsp3) is 1.00. The van der Waals surface area contributed by atoms with Crippen LogP contribution in [0.5, 0.6) is 0 Å². The van der Waals surface area contributed by atoms with Crippen LogP contribution >= 0.6 is 0 Å². The fourth-order valence-corrected chi connectivity index (χ4v) is 10.1. The zero-order valence-corrected chi connectivity index (χ0v) is 20.0. The summed E-state index contributed by atoms with van der Waals surface area (Å²) in [6, 6.07) is 0. The van der Waals surface area contributed by atoms with Crippen molar-refractivity contribution < 1.29 is 0 Å². The zero-order valence-electron chi connectivity index (χ0n) is 20.0. The highest BCUT2D eigenvalue weighted by Gasteiger charge is 2.84. The van der Waals surface area contributed by atoms with Crippen LogP contribution < -0.4 is 0 Å². The Hall–Kier alpha value is 0. The van der Waals surface area contributed by atoms with E-state index in [0.29, 0.717) is 10.8 Å². The van der Waals surface area contributed by atoms with Gasteiger partial charge in [-0.15, -0.1) is 0 Å². The molecule has 0 heterocycles. The molecule has 0 amide bonds. The molecule has 0 aromatic rings. The van der Waals surface area contributed by atoms with E-state index >= 15 is 0 Å². The summed E-state index contributed by atoms with van der Waals surface area (Å²) in [6.07, 6.45) is 4.52. The standard InChI is InChI=1S/C27H48/c1-14(2)21-11-16(5)22(21)12-17(6)23-19(8)25(23)26(10)20(9)27(26)13-18(7)24(27)15(3)4/h14-25H,11-13H2,1-10H3. The van der Waals surface area contributed by atoms with Gasteiger partial charge in [0.25, 0.3) is 0 Å². The Bertz CT molecular complexity index is 570. The summed E-state index contributed by atoms with van der Waals surface area (Å²) in [4.78, 5) is 0. The summed E-state index contributed by atoms with van der Waals surface area (Å²) in [5, 5.41) is 0. The van der Waals surface area contributed by atoms with Crippen LogP contribution in [0.4, 0.5) is 0 Å². The summed E-state index contributed by atoms with van der Waals surface area (Å²) < 4.78 is 0. The Balaban J connectivity index is 1.44. The minimum absolute atomic E-state index is 0.648. The second-order valence-corrected chi connectivity index (χ2v) is 13.0. The average molecular weight is 373 g/mol. The van der Waals surface area contributed by atoms with Gasteiger partial charge >= 0.3 is 0 Å². The van der Waals surface area contributed by atoms with Crippen molar-refractivity contribution in [3.8, 4) is 0 Å². The summed E-state index contributed by atoms with van der Waals surface area (Å²) in [5.41, 5.74) is 1.35. The van der Waals surface area contributed by atoms with Crippen LogP contribution in [0.25, 0.3) is 0 Å². The largest absolute Gasteiger partial charge is 0.0625 e. The van der Waals surface area contributed by atoms with Gasteiger partial charge in [0.05, 0.1) is 0 Å². The highest BCUT2D eigenvalue weighted by molar-refractivity contribution is 5.31. The van der Waals surface area contributed by atoms with Crippen LogP contribution in [-0.4, -0.2) is 0 Å². The molecule has 0 radical (unpaired) electrons. The minimum atomic E-state index is 0.648. The normalized spacial score (nSPS) is 57.6. The first kappa shape index (κ1) is 20.3. The molecule has 156 valence electrons. The Labute approximate surface area is 170 Å². The first-order chi connectivity index (χ1) is 12.5. The second-order valence-electron chi connectivity index (χ2n) is 13.0. The molecular formula is C27H48. The third kappa shape index (κ3) is 2.46. The van der Waals surface area contributed by atoms with Crippen molar-refractivity contribution in [1.29, 1.82) is 0 Å². The van der Waals surface area contributed by atoms with E-state index in [1.165, 1.54) is 19.3 Å². The van der Waals surface area contributed by atoms with E-state index in [0.717, 1.165) is 71.0 Å². The van der Waals surface area contributed by atoms with Crippen LogP contribution in [0.3, 0.4) is 0 Å². The molecule has 0 heteroatoms. The number of hydrogen-bond donors (Lipinski definition) is 0. The lowest BCUT2D eigenvalue weighted by molar-refractivity contribution is -0.0229. The SMILES string of the molecule is CC(C)C1CC(C)C1CC(C)C1C(C)C1C1(C)C(C)C12CC(C)C2C(C)C. The van der Waals surface area contributed by atoms with Crippen molar-refractivity contribution in [1.82, 2.24) is 0 Å². The molecule has 4 aliphatic carbocycles. The van der Waals surface area contributed by atoms with E-state index in [9.17, 15) is 0 Å². The van der Waals surface area contributed by atoms with Crippen molar-refractivity contribution in [2.24, 2.45) is 81.8 Å². The topological polar surface area (TPSA) is 0 Å². The van der Waals surface area contributed by atoms with Gasteiger partial charge in [-0.3, -0.25) is 0 Å². The molecule has 4 saturated carbocycles. The molecule has 12 atom stereocenters. The predicted octanol–water partition coefficient (Wildman–Crippen LogP) is 7.78. The van der Waals surface area contributed by atoms with Gasteiger partial charge in [-0.1, -0.05) is 69.2 Å². The Kier molecular flexibility index (Phi) is 4.69. The number of hydrogen-bond acceptors (Lipinski definition) is 0. The van der Waals surface area contributed by atoms with Crippen LogP contribution in [0.2, 0.25) is 0 Å². The van der Waals surface area contributed by atoms with Crippen LogP contribution in [0.1, 0.15) is 88.5 Å². The predicted molar refractivity (Wildman–Crippen MR) is 117 cm³/mol. The van der Waals surface area contributed by atoms with E-state index in [4.69, 9.17) is 0 Å². The maximum absolute atomic E-state index is 2.72. The molecule has 4 aliphatic rings.